The Morgan fingerprint density at radius 1 is 1.24 bits per heavy atom. The maximum atomic E-state index is 13.6. The largest absolute Gasteiger partial charge is 0.276 e. The van der Waals surface area contributed by atoms with Crippen LogP contribution in [0.15, 0.2) is 30.6 Å². The Bertz CT molecular complexity index is 1040. The first kappa shape index (κ1) is 21.3. The Morgan fingerprint density at radius 3 is 2.69 bits per heavy atom. The molecule has 0 amide bonds. The van der Waals surface area contributed by atoms with Gasteiger partial charge < -0.3 is 0 Å². The molecule has 5 nitrogen and oxygen atoms in total. The van der Waals surface area contributed by atoms with Crippen LogP contribution >= 0.6 is 0 Å². The molecule has 7 heteroatoms. The zero-order valence-electron chi connectivity index (χ0n) is 16.6. The van der Waals surface area contributed by atoms with Crippen LogP contribution in [0.4, 0.5) is 4.39 Å². The number of hydrogen-bond acceptors (Lipinski definition) is 3. The van der Waals surface area contributed by atoms with Crippen molar-refractivity contribution in [1.82, 2.24) is 19.6 Å². The van der Waals surface area contributed by atoms with Crippen LogP contribution in [0.25, 0.3) is 11.3 Å². The van der Waals surface area contributed by atoms with Gasteiger partial charge in [0, 0.05) is 64.7 Å². The van der Waals surface area contributed by atoms with Gasteiger partial charge in [-0.15, -0.1) is 12.1 Å². The smallest absolute Gasteiger partial charge is 0.165 e. The van der Waals surface area contributed by atoms with E-state index in [-0.39, 0.29) is 26.9 Å². The standard InChI is InChI=1S/C22H23FN5.Mo/c1-3-16-10-19(23)7-8-20(16)22-18(13-27(2)26-22)9-17-14-28(25-21(17)11-24)12-15-5-4-6-15;/h3,7-8,10,13-15H,4-6,9,12H2,1-2H3;/q-1;. The molecule has 0 radical (unpaired) electrons. The first-order valence-corrected chi connectivity index (χ1v) is 9.65. The molecule has 0 spiro atoms. The second-order valence-corrected chi connectivity index (χ2v) is 7.51. The zero-order chi connectivity index (χ0) is 19.7. The molecule has 0 aliphatic heterocycles. The molecule has 0 atom stereocenters. The van der Waals surface area contributed by atoms with Crippen LogP contribution in [0.3, 0.4) is 0 Å². The van der Waals surface area contributed by atoms with Gasteiger partial charge in [0.05, 0.1) is 5.82 Å². The van der Waals surface area contributed by atoms with E-state index in [1.54, 1.807) is 10.7 Å². The Hall–Kier alpha value is -2.38. The molecule has 1 aliphatic rings. The monoisotopic (exact) mass is 474 g/mol. The molecular weight excluding hydrogens is 449 g/mol. The van der Waals surface area contributed by atoms with Crippen molar-refractivity contribution in [3.8, 4) is 17.3 Å². The summed E-state index contributed by atoms with van der Waals surface area (Å²) in [5, 5.41) is 18.6. The van der Waals surface area contributed by atoms with Crippen molar-refractivity contribution in [2.24, 2.45) is 13.0 Å². The van der Waals surface area contributed by atoms with Crippen molar-refractivity contribution in [3.05, 3.63) is 65.2 Å². The molecule has 1 aliphatic carbocycles. The van der Waals surface area contributed by atoms with Gasteiger partial charge in [-0.3, -0.25) is 9.36 Å². The fraction of sp³-hybridized carbons (Fsp3) is 0.364. The molecule has 0 bridgehead atoms. The fourth-order valence-corrected chi connectivity index (χ4v) is 3.81. The van der Waals surface area contributed by atoms with Crippen molar-refractivity contribution in [2.75, 3.05) is 0 Å². The summed E-state index contributed by atoms with van der Waals surface area (Å²) in [6, 6.07) is 6.97. The van der Waals surface area contributed by atoms with Gasteiger partial charge in [-0.05, 0) is 24.3 Å². The number of halogens is 1. The van der Waals surface area contributed by atoms with E-state index >= 15 is 0 Å². The molecule has 0 N–H and O–H groups in total. The molecule has 1 saturated carbocycles. The van der Waals surface area contributed by atoms with Crippen LogP contribution in [-0.4, -0.2) is 19.6 Å². The van der Waals surface area contributed by atoms with Gasteiger partial charge >= 0.3 is 0 Å². The minimum Gasteiger partial charge on any atom is -0.276 e. The average Bonchev–Trinajstić information content (AvgIpc) is 3.21. The summed E-state index contributed by atoms with van der Waals surface area (Å²) < 4.78 is 17.3. The molecule has 4 rings (SSSR count). The summed E-state index contributed by atoms with van der Waals surface area (Å²) in [6.45, 7) is 2.76. The van der Waals surface area contributed by atoms with Crippen molar-refractivity contribution < 1.29 is 25.5 Å². The molecule has 150 valence electrons. The third-order valence-electron chi connectivity index (χ3n) is 5.48. The maximum Gasteiger partial charge on any atom is 0.165 e. The molecule has 1 aromatic carbocycles. The first-order valence-electron chi connectivity index (χ1n) is 9.65. The molecule has 29 heavy (non-hydrogen) atoms. The van der Waals surface area contributed by atoms with Gasteiger partial charge in [0.15, 0.2) is 5.69 Å². The summed E-state index contributed by atoms with van der Waals surface area (Å²) in [5.41, 5.74) is 4.87. The number of aromatic nitrogens is 4. The molecule has 2 aromatic heterocycles. The Labute approximate surface area is 184 Å². The normalized spacial score (nSPS) is 13.4. The quantitative estimate of drug-likeness (QED) is 0.398. The van der Waals surface area contributed by atoms with E-state index in [1.807, 2.05) is 37.5 Å². The van der Waals surface area contributed by atoms with Gasteiger partial charge in [-0.2, -0.15) is 27.4 Å². The molecule has 1 fully saturated rings. The summed E-state index contributed by atoms with van der Waals surface area (Å²) in [6.07, 6.45) is 10.2. The van der Waals surface area contributed by atoms with Crippen molar-refractivity contribution in [1.29, 1.82) is 5.26 Å². The van der Waals surface area contributed by atoms with Crippen LogP contribution in [0.5, 0.6) is 0 Å². The van der Waals surface area contributed by atoms with Crippen LogP contribution in [0, 0.1) is 29.5 Å². The maximum absolute atomic E-state index is 13.6. The van der Waals surface area contributed by atoms with Gasteiger partial charge in [0.1, 0.15) is 6.07 Å². The molecular formula is C22H23FMoN5-. The predicted molar refractivity (Wildman–Crippen MR) is 105 cm³/mol. The summed E-state index contributed by atoms with van der Waals surface area (Å²) in [4.78, 5) is 0. The van der Waals surface area contributed by atoms with Gasteiger partial charge in [-0.25, -0.2) is 4.39 Å². The predicted octanol–water partition coefficient (Wildman–Crippen LogP) is 4.26. The Kier molecular flexibility index (Phi) is 6.59. The van der Waals surface area contributed by atoms with E-state index in [9.17, 15) is 9.65 Å². The number of benzene rings is 1. The van der Waals surface area contributed by atoms with E-state index in [4.69, 9.17) is 0 Å². The van der Waals surface area contributed by atoms with Gasteiger partial charge in [-0.1, -0.05) is 25.0 Å². The topological polar surface area (TPSA) is 59.4 Å². The summed E-state index contributed by atoms with van der Waals surface area (Å²) in [5.74, 6) is 0.411. The van der Waals surface area contributed by atoms with Crippen molar-refractivity contribution in [3.63, 3.8) is 0 Å². The fourth-order valence-electron chi connectivity index (χ4n) is 3.81. The number of nitriles is 1. The number of hydrogen-bond donors (Lipinski definition) is 0. The minimum atomic E-state index is -0.265. The van der Waals surface area contributed by atoms with Crippen LogP contribution in [0.2, 0.25) is 0 Å². The molecule has 0 saturated heterocycles. The SMILES string of the molecule is C[CH-]c1cc(F)ccc1-c1nn(C)cc1Cc1cn(CC2CCC2)nc1C#N.[Mo]. The second-order valence-electron chi connectivity index (χ2n) is 7.51. The van der Waals surface area contributed by atoms with E-state index in [0.717, 1.165) is 34.5 Å². The third-order valence-corrected chi connectivity index (χ3v) is 5.48. The van der Waals surface area contributed by atoms with Crippen LogP contribution < -0.4 is 0 Å². The third kappa shape index (κ3) is 4.46. The van der Waals surface area contributed by atoms with E-state index in [0.29, 0.717) is 18.0 Å². The number of rotatable bonds is 6. The van der Waals surface area contributed by atoms with Crippen molar-refractivity contribution >= 4 is 0 Å². The minimum absolute atomic E-state index is 0. The zero-order valence-corrected chi connectivity index (χ0v) is 18.6. The molecule has 3 aromatic rings. The second kappa shape index (κ2) is 8.96. The Morgan fingerprint density at radius 2 is 2.03 bits per heavy atom. The van der Waals surface area contributed by atoms with Crippen LogP contribution in [-0.2, 0) is 41.1 Å². The van der Waals surface area contributed by atoms with Gasteiger partial charge in [0.2, 0.25) is 0 Å². The van der Waals surface area contributed by atoms with Crippen LogP contribution in [0.1, 0.15) is 48.6 Å². The first-order chi connectivity index (χ1) is 13.6. The van der Waals surface area contributed by atoms with E-state index in [1.165, 1.54) is 31.4 Å². The van der Waals surface area contributed by atoms with Gasteiger partial charge in [0.25, 0.3) is 0 Å². The Balaban J connectivity index is 0.00000240. The summed E-state index contributed by atoms with van der Waals surface area (Å²) in [7, 11) is 1.87. The number of nitrogens with zero attached hydrogens (tertiary/aromatic N) is 5. The molecule has 2 heterocycles. The van der Waals surface area contributed by atoms with E-state index in [2.05, 4.69) is 16.3 Å². The summed E-state index contributed by atoms with van der Waals surface area (Å²) >= 11 is 0. The average molecular weight is 472 g/mol. The number of aryl methyl sites for hydroxylation is 1. The van der Waals surface area contributed by atoms with Crippen molar-refractivity contribution in [2.45, 2.75) is 39.2 Å². The molecule has 0 unspecified atom stereocenters. The van der Waals surface area contributed by atoms with E-state index < -0.39 is 0 Å².